The lowest BCUT2D eigenvalue weighted by atomic mass is 10.0. The van der Waals surface area contributed by atoms with E-state index < -0.39 is 0 Å². The molecule has 0 nitrogen and oxygen atoms in total. The molecule has 0 aliphatic heterocycles. The highest BCUT2D eigenvalue weighted by Gasteiger charge is 2.10. The van der Waals surface area contributed by atoms with Crippen LogP contribution in [-0.4, -0.2) is 0 Å². The normalized spacial score (nSPS) is 11.6. The first-order valence-corrected chi connectivity index (χ1v) is 9.84. The molecule has 0 aromatic carbocycles. The Morgan fingerprint density at radius 1 is 0.850 bits per heavy atom. The van der Waals surface area contributed by atoms with Crippen LogP contribution in [0.15, 0.2) is 6.07 Å². The van der Waals surface area contributed by atoms with E-state index in [0.29, 0.717) is 0 Å². The highest BCUT2D eigenvalue weighted by molar-refractivity contribution is 7.38. The first-order chi connectivity index (χ1) is 9.72. The second-order valence-corrected chi connectivity index (χ2v) is 8.66. The summed E-state index contributed by atoms with van der Waals surface area (Å²) in [5.41, 5.74) is 1.64. The van der Waals surface area contributed by atoms with Crippen LogP contribution in [0, 0.1) is 13.8 Å². The molecule has 20 heavy (non-hydrogen) atoms. The van der Waals surface area contributed by atoms with Crippen molar-refractivity contribution in [1.82, 2.24) is 0 Å². The lowest BCUT2D eigenvalue weighted by Crippen LogP contribution is -1.87. The lowest BCUT2D eigenvalue weighted by Gasteiger charge is -2.03. The fraction of sp³-hybridized carbons (Fsp3) is 0.667. The molecule has 0 bridgehead atoms. The van der Waals surface area contributed by atoms with Crippen molar-refractivity contribution in [3.05, 3.63) is 21.4 Å². The summed E-state index contributed by atoms with van der Waals surface area (Å²) in [6, 6.07) is 2.39. The highest BCUT2D eigenvalue weighted by Crippen LogP contribution is 2.37. The van der Waals surface area contributed by atoms with Gasteiger partial charge in [-0.15, -0.1) is 22.7 Å². The summed E-state index contributed by atoms with van der Waals surface area (Å²) in [5, 5.41) is 1.55. The Morgan fingerprint density at radius 2 is 1.50 bits per heavy atom. The van der Waals surface area contributed by atoms with E-state index in [1.54, 1.807) is 15.8 Å². The molecule has 0 aliphatic rings. The average molecular weight is 309 g/mol. The summed E-state index contributed by atoms with van der Waals surface area (Å²) in [7, 11) is 0. The maximum Gasteiger partial charge on any atom is 0.0873 e. The van der Waals surface area contributed by atoms with Gasteiger partial charge in [-0.05, 0) is 38.3 Å². The first kappa shape index (κ1) is 16.0. The molecule has 0 radical (unpaired) electrons. The van der Waals surface area contributed by atoms with Gasteiger partial charge in [0.25, 0.3) is 0 Å². The van der Waals surface area contributed by atoms with E-state index in [1.165, 1.54) is 66.7 Å². The Balaban J connectivity index is 1.71. The van der Waals surface area contributed by atoms with E-state index in [1.807, 2.05) is 22.7 Å². The summed E-state index contributed by atoms with van der Waals surface area (Å²) in [4.78, 5) is 3.01. The van der Waals surface area contributed by atoms with Gasteiger partial charge in [-0.3, -0.25) is 0 Å². The Kier molecular flexibility index (Phi) is 6.57. The third-order valence-corrected chi connectivity index (χ3v) is 6.40. The molecular formula is C18H28S2. The van der Waals surface area contributed by atoms with E-state index in [9.17, 15) is 0 Å². The number of hydrogen-bond donors (Lipinski definition) is 0. The molecule has 0 fully saturated rings. The van der Waals surface area contributed by atoms with Gasteiger partial charge in [0.1, 0.15) is 0 Å². The van der Waals surface area contributed by atoms with Crippen LogP contribution in [0.5, 0.6) is 0 Å². The minimum Gasteiger partial charge on any atom is -0.130 e. The molecule has 2 aromatic rings. The van der Waals surface area contributed by atoms with Crippen molar-refractivity contribution in [1.29, 1.82) is 0 Å². The van der Waals surface area contributed by atoms with Gasteiger partial charge in [0.2, 0.25) is 0 Å². The lowest BCUT2D eigenvalue weighted by molar-refractivity contribution is 0.576. The topological polar surface area (TPSA) is 0 Å². The molecule has 0 saturated heterocycles. The van der Waals surface area contributed by atoms with Crippen molar-refractivity contribution < 1.29 is 0 Å². The molecule has 2 rings (SSSR count). The molecule has 0 unspecified atom stereocenters. The molecule has 0 aliphatic carbocycles. The molecule has 0 spiro atoms. The number of unbranched alkanes of at least 4 members (excludes halogenated alkanes) is 7. The number of aryl methyl sites for hydroxylation is 3. The summed E-state index contributed by atoms with van der Waals surface area (Å²) in [6.45, 7) is 6.82. The average Bonchev–Trinajstić information content (AvgIpc) is 2.89. The number of hydrogen-bond acceptors (Lipinski definition) is 2. The van der Waals surface area contributed by atoms with Gasteiger partial charge in [-0.25, -0.2) is 0 Å². The van der Waals surface area contributed by atoms with Crippen LogP contribution in [0.25, 0.3) is 9.40 Å². The van der Waals surface area contributed by atoms with Crippen molar-refractivity contribution >= 4 is 32.1 Å². The zero-order valence-corrected chi connectivity index (χ0v) is 14.9. The van der Waals surface area contributed by atoms with Crippen LogP contribution in [-0.2, 0) is 6.42 Å². The molecule has 112 valence electrons. The number of rotatable bonds is 9. The molecule has 2 aromatic heterocycles. The molecule has 2 heteroatoms. The summed E-state index contributed by atoms with van der Waals surface area (Å²) in [6.07, 6.45) is 12.6. The van der Waals surface area contributed by atoms with Crippen molar-refractivity contribution in [3.8, 4) is 0 Å². The Bertz CT molecular complexity index is 519. The molecular weight excluding hydrogens is 280 g/mol. The highest BCUT2D eigenvalue weighted by atomic mass is 32.2. The van der Waals surface area contributed by atoms with Gasteiger partial charge in [-0.2, -0.15) is 0 Å². The maximum absolute atomic E-state index is 2.39. The second-order valence-electron chi connectivity index (χ2n) is 5.92. The third kappa shape index (κ3) is 4.33. The largest absolute Gasteiger partial charge is 0.130 e. The van der Waals surface area contributed by atoms with Crippen LogP contribution < -0.4 is 0 Å². The van der Waals surface area contributed by atoms with Crippen LogP contribution in [0.4, 0.5) is 0 Å². The summed E-state index contributed by atoms with van der Waals surface area (Å²) < 4.78 is 1.54. The van der Waals surface area contributed by atoms with Crippen molar-refractivity contribution in [2.45, 2.75) is 78.6 Å². The Hall–Kier alpha value is -0.340. The van der Waals surface area contributed by atoms with Crippen LogP contribution in [0.1, 0.15) is 73.6 Å². The molecule has 0 atom stereocenters. The SMILES string of the molecule is CCCCCCCCCCc1c(C)sc2sc(C)cc12. The predicted molar refractivity (Wildman–Crippen MR) is 95.5 cm³/mol. The zero-order valence-electron chi connectivity index (χ0n) is 13.3. The maximum atomic E-state index is 2.39. The van der Waals surface area contributed by atoms with E-state index in [-0.39, 0.29) is 0 Å². The van der Waals surface area contributed by atoms with Gasteiger partial charge in [0.15, 0.2) is 0 Å². The van der Waals surface area contributed by atoms with Crippen molar-refractivity contribution in [2.24, 2.45) is 0 Å². The zero-order chi connectivity index (χ0) is 14.4. The van der Waals surface area contributed by atoms with E-state index in [0.717, 1.165) is 0 Å². The Labute approximate surface area is 132 Å². The fourth-order valence-corrected chi connectivity index (χ4v) is 5.52. The molecule has 0 N–H and O–H groups in total. The van der Waals surface area contributed by atoms with Gasteiger partial charge in [0, 0.05) is 15.1 Å². The van der Waals surface area contributed by atoms with Crippen molar-refractivity contribution in [3.63, 3.8) is 0 Å². The van der Waals surface area contributed by atoms with Gasteiger partial charge in [0.05, 0.1) is 4.01 Å². The van der Waals surface area contributed by atoms with Gasteiger partial charge in [-0.1, -0.05) is 51.9 Å². The van der Waals surface area contributed by atoms with Crippen LogP contribution >= 0.6 is 22.7 Å². The quantitative estimate of drug-likeness (QED) is 0.427. The molecule has 0 amide bonds. The Morgan fingerprint density at radius 3 is 2.20 bits per heavy atom. The van der Waals surface area contributed by atoms with Crippen LogP contribution in [0.2, 0.25) is 0 Å². The number of fused-ring (bicyclic) bond motifs is 1. The monoisotopic (exact) mass is 308 g/mol. The van der Waals surface area contributed by atoms with Crippen molar-refractivity contribution in [2.75, 3.05) is 0 Å². The fourth-order valence-electron chi connectivity index (χ4n) is 2.92. The van der Waals surface area contributed by atoms with E-state index in [2.05, 4.69) is 26.8 Å². The minimum atomic E-state index is 1.29. The third-order valence-electron chi connectivity index (χ3n) is 4.10. The number of thiophene rings is 2. The minimum absolute atomic E-state index is 1.29. The second kappa shape index (κ2) is 8.19. The summed E-state index contributed by atoms with van der Waals surface area (Å²) in [5.74, 6) is 0. The molecule has 0 saturated carbocycles. The standard InChI is InChI=1S/C18H28S2/c1-4-5-6-7-8-9-10-11-12-16-15(3)20-18-17(16)13-14(2)19-18/h13H,4-12H2,1-3H3. The molecule has 2 heterocycles. The predicted octanol–water partition coefficient (Wildman–Crippen LogP) is 7.26. The van der Waals surface area contributed by atoms with Crippen LogP contribution in [0.3, 0.4) is 0 Å². The van der Waals surface area contributed by atoms with E-state index >= 15 is 0 Å². The van der Waals surface area contributed by atoms with Gasteiger partial charge < -0.3 is 0 Å². The van der Waals surface area contributed by atoms with E-state index in [4.69, 9.17) is 0 Å². The first-order valence-electron chi connectivity index (χ1n) is 8.20. The smallest absolute Gasteiger partial charge is 0.0873 e. The van der Waals surface area contributed by atoms with Gasteiger partial charge >= 0.3 is 0 Å². The summed E-state index contributed by atoms with van der Waals surface area (Å²) >= 11 is 3.96.